The number of rotatable bonds is 4. The summed E-state index contributed by atoms with van der Waals surface area (Å²) in [6, 6.07) is 0. The summed E-state index contributed by atoms with van der Waals surface area (Å²) in [5, 5.41) is 0. The molecule has 1 saturated carbocycles. The van der Waals surface area contributed by atoms with Gasteiger partial charge < -0.3 is 5.73 Å². The maximum absolute atomic E-state index is 12.6. The third-order valence-corrected chi connectivity index (χ3v) is 2.55. The Morgan fingerprint density at radius 3 is 2.38 bits per heavy atom. The fraction of sp³-hybridized carbons (Fsp3) is 0.800. The maximum Gasteiger partial charge on any atom is 0.249 e. The lowest BCUT2D eigenvalue weighted by molar-refractivity contribution is -0.137. The van der Waals surface area contributed by atoms with Crippen LogP contribution >= 0.6 is 0 Å². The molecule has 0 spiro atoms. The highest BCUT2D eigenvalue weighted by Crippen LogP contribution is 2.52. The number of alkyl halides is 2. The number of halogens is 2. The van der Waals surface area contributed by atoms with Crippen LogP contribution in [0.2, 0.25) is 0 Å². The lowest BCUT2D eigenvalue weighted by Crippen LogP contribution is -2.49. The minimum atomic E-state index is -2.48. The third-order valence-electron chi connectivity index (χ3n) is 2.55. The van der Waals surface area contributed by atoms with Crippen LogP contribution < -0.4 is 5.73 Å². The van der Waals surface area contributed by atoms with E-state index in [1.807, 2.05) is 12.2 Å². The van der Waals surface area contributed by atoms with Gasteiger partial charge in [0.05, 0.1) is 0 Å². The first kappa shape index (κ1) is 10.6. The van der Waals surface area contributed by atoms with E-state index in [4.69, 9.17) is 5.73 Å². The van der Waals surface area contributed by atoms with Crippen molar-refractivity contribution in [3.05, 3.63) is 12.2 Å². The molecular formula is C10H17F2N. The Balaban J connectivity index is 2.45. The minimum absolute atomic E-state index is 0.0727. The van der Waals surface area contributed by atoms with Gasteiger partial charge in [-0.15, -0.1) is 0 Å². The first-order valence-electron chi connectivity index (χ1n) is 4.79. The molecule has 0 heterocycles. The van der Waals surface area contributed by atoms with Gasteiger partial charge in [0.1, 0.15) is 0 Å². The van der Waals surface area contributed by atoms with E-state index in [-0.39, 0.29) is 12.8 Å². The molecule has 0 unspecified atom stereocenters. The second-order valence-electron chi connectivity index (χ2n) is 3.97. The summed E-state index contributed by atoms with van der Waals surface area (Å²) in [4.78, 5) is 0. The summed E-state index contributed by atoms with van der Waals surface area (Å²) in [6.07, 6.45) is 5.71. The van der Waals surface area contributed by atoms with E-state index in [0.29, 0.717) is 6.54 Å². The molecule has 0 aliphatic heterocycles. The Morgan fingerprint density at radius 1 is 1.38 bits per heavy atom. The smallest absolute Gasteiger partial charge is 0.249 e. The lowest BCUT2D eigenvalue weighted by atomic mass is 9.66. The van der Waals surface area contributed by atoms with Gasteiger partial charge in [0.2, 0.25) is 5.92 Å². The molecule has 76 valence electrons. The van der Waals surface area contributed by atoms with Crippen LogP contribution in [0, 0.1) is 5.41 Å². The molecule has 0 aromatic heterocycles. The summed E-state index contributed by atoms with van der Waals surface area (Å²) in [5.41, 5.74) is 5.08. The highest BCUT2D eigenvalue weighted by atomic mass is 19.3. The Labute approximate surface area is 78.0 Å². The average Bonchev–Trinajstić information content (AvgIpc) is 2.01. The maximum atomic E-state index is 12.6. The number of allylic oxidation sites excluding steroid dienone is 1. The molecule has 1 aliphatic carbocycles. The van der Waals surface area contributed by atoms with Crippen molar-refractivity contribution in [3.8, 4) is 0 Å². The first-order chi connectivity index (χ1) is 6.04. The van der Waals surface area contributed by atoms with E-state index in [1.165, 1.54) is 0 Å². The van der Waals surface area contributed by atoms with E-state index < -0.39 is 11.3 Å². The van der Waals surface area contributed by atoms with Gasteiger partial charge in [-0.1, -0.05) is 25.5 Å². The van der Waals surface area contributed by atoms with Crippen LogP contribution in [0.1, 0.15) is 32.6 Å². The van der Waals surface area contributed by atoms with Gasteiger partial charge >= 0.3 is 0 Å². The van der Waals surface area contributed by atoms with Crippen molar-refractivity contribution in [2.45, 2.75) is 38.5 Å². The number of hydrogen-bond donors (Lipinski definition) is 1. The minimum Gasteiger partial charge on any atom is -0.330 e. The van der Waals surface area contributed by atoms with E-state index in [1.54, 1.807) is 0 Å². The molecule has 0 aromatic carbocycles. The van der Waals surface area contributed by atoms with Crippen LogP contribution in [0.5, 0.6) is 0 Å². The van der Waals surface area contributed by atoms with Crippen molar-refractivity contribution in [3.63, 3.8) is 0 Å². The van der Waals surface area contributed by atoms with E-state index in [0.717, 1.165) is 12.8 Å². The Kier molecular flexibility index (Phi) is 3.06. The molecule has 13 heavy (non-hydrogen) atoms. The van der Waals surface area contributed by atoms with Gasteiger partial charge in [0.15, 0.2) is 0 Å². The third kappa shape index (κ3) is 2.50. The molecular weight excluding hydrogens is 172 g/mol. The SMILES string of the molecule is CCC/C=C/C1(CN)CC(F)(F)C1. The molecule has 1 fully saturated rings. The van der Waals surface area contributed by atoms with E-state index >= 15 is 0 Å². The molecule has 0 saturated heterocycles. The zero-order valence-electron chi connectivity index (χ0n) is 8.02. The van der Waals surface area contributed by atoms with Gasteiger partial charge in [-0.05, 0) is 6.42 Å². The summed E-state index contributed by atoms with van der Waals surface area (Å²) < 4.78 is 25.3. The number of nitrogens with two attached hydrogens (primary N) is 1. The van der Waals surface area contributed by atoms with Crippen LogP contribution in [0.25, 0.3) is 0 Å². The van der Waals surface area contributed by atoms with Crippen LogP contribution in [-0.2, 0) is 0 Å². The average molecular weight is 189 g/mol. The van der Waals surface area contributed by atoms with Crippen molar-refractivity contribution < 1.29 is 8.78 Å². The fourth-order valence-electron chi connectivity index (χ4n) is 1.81. The largest absolute Gasteiger partial charge is 0.330 e. The highest BCUT2D eigenvalue weighted by molar-refractivity contribution is 5.11. The zero-order chi connectivity index (χ0) is 9.95. The Hall–Kier alpha value is -0.440. The van der Waals surface area contributed by atoms with Crippen LogP contribution in [0.15, 0.2) is 12.2 Å². The van der Waals surface area contributed by atoms with Crippen LogP contribution in [0.3, 0.4) is 0 Å². The van der Waals surface area contributed by atoms with Gasteiger partial charge in [-0.3, -0.25) is 0 Å². The van der Waals surface area contributed by atoms with Gasteiger partial charge in [0, 0.05) is 24.8 Å². The fourth-order valence-corrected chi connectivity index (χ4v) is 1.81. The van der Waals surface area contributed by atoms with Crippen LogP contribution in [-0.4, -0.2) is 12.5 Å². The van der Waals surface area contributed by atoms with Crippen molar-refractivity contribution in [2.24, 2.45) is 11.1 Å². The molecule has 0 amide bonds. The van der Waals surface area contributed by atoms with Gasteiger partial charge in [-0.25, -0.2) is 8.78 Å². The molecule has 3 heteroatoms. The zero-order valence-corrected chi connectivity index (χ0v) is 8.02. The molecule has 0 atom stereocenters. The van der Waals surface area contributed by atoms with E-state index in [9.17, 15) is 8.78 Å². The summed E-state index contributed by atoms with van der Waals surface area (Å²) in [7, 11) is 0. The highest BCUT2D eigenvalue weighted by Gasteiger charge is 2.54. The van der Waals surface area contributed by atoms with Crippen molar-refractivity contribution in [1.29, 1.82) is 0 Å². The molecule has 0 bridgehead atoms. The Bertz CT molecular complexity index is 191. The standard InChI is InChI=1S/C10H17F2N/c1-2-3-4-5-9(8-13)6-10(11,12)7-9/h4-5H,2-3,6-8,13H2,1H3/b5-4+. The first-order valence-corrected chi connectivity index (χ1v) is 4.79. The monoisotopic (exact) mass is 189 g/mol. The summed E-state index contributed by atoms with van der Waals surface area (Å²) in [5.74, 6) is -2.48. The molecule has 1 rings (SSSR count). The summed E-state index contributed by atoms with van der Waals surface area (Å²) in [6.45, 7) is 2.40. The second kappa shape index (κ2) is 3.74. The Morgan fingerprint density at radius 2 is 2.00 bits per heavy atom. The molecule has 0 aromatic rings. The predicted octanol–water partition coefficient (Wildman–Crippen LogP) is 2.72. The molecule has 0 radical (unpaired) electrons. The van der Waals surface area contributed by atoms with Gasteiger partial charge in [-0.2, -0.15) is 0 Å². The van der Waals surface area contributed by atoms with Crippen LogP contribution in [0.4, 0.5) is 8.78 Å². The second-order valence-corrected chi connectivity index (χ2v) is 3.97. The number of hydrogen-bond acceptors (Lipinski definition) is 1. The molecule has 2 N–H and O–H groups in total. The number of unbranched alkanes of at least 4 members (excludes halogenated alkanes) is 1. The molecule has 1 nitrogen and oxygen atoms in total. The van der Waals surface area contributed by atoms with Crippen molar-refractivity contribution >= 4 is 0 Å². The quantitative estimate of drug-likeness (QED) is 0.676. The van der Waals surface area contributed by atoms with Gasteiger partial charge in [0.25, 0.3) is 0 Å². The molecule has 1 aliphatic rings. The predicted molar refractivity (Wildman–Crippen MR) is 49.7 cm³/mol. The van der Waals surface area contributed by atoms with Crippen molar-refractivity contribution in [2.75, 3.05) is 6.54 Å². The topological polar surface area (TPSA) is 26.0 Å². The normalized spacial score (nSPS) is 24.6. The van der Waals surface area contributed by atoms with E-state index in [2.05, 4.69) is 6.92 Å². The van der Waals surface area contributed by atoms with Crippen molar-refractivity contribution in [1.82, 2.24) is 0 Å². The lowest BCUT2D eigenvalue weighted by Gasteiger charge is -2.44. The summed E-state index contributed by atoms with van der Waals surface area (Å²) >= 11 is 0.